The third-order valence-corrected chi connectivity index (χ3v) is 1.42. The first-order valence-corrected chi connectivity index (χ1v) is 3.98. The van der Waals surface area contributed by atoms with Crippen LogP contribution in [0, 0.1) is 5.41 Å². The Morgan fingerprint density at radius 2 is 2.00 bits per heavy atom. The molecule has 0 unspecified atom stereocenters. The Kier molecular flexibility index (Phi) is 3.80. The lowest BCUT2D eigenvalue weighted by Crippen LogP contribution is -2.16. The van der Waals surface area contributed by atoms with Crippen LogP contribution in [0.15, 0.2) is 11.8 Å². The van der Waals surface area contributed by atoms with Gasteiger partial charge < -0.3 is 10.4 Å². The van der Waals surface area contributed by atoms with Gasteiger partial charge in [-0.05, 0) is 11.8 Å². The van der Waals surface area contributed by atoms with Gasteiger partial charge in [0, 0.05) is 7.05 Å². The molecule has 0 amide bonds. The zero-order valence-electron chi connectivity index (χ0n) is 8.14. The van der Waals surface area contributed by atoms with E-state index in [1.54, 1.807) is 13.1 Å². The van der Waals surface area contributed by atoms with Gasteiger partial charge in [0.05, 0.1) is 0 Å². The number of likely N-dealkylation sites (N-methyl/N-ethyl adjacent to an activating group) is 1. The number of hydrogen-bond donors (Lipinski definition) is 2. The zero-order chi connectivity index (χ0) is 9.78. The van der Waals surface area contributed by atoms with Crippen molar-refractivity contribution in [1.29, 1.82) is 0 Å². The number of allylic oxidation sites excluding steroid dienone is 1. The molecular formula is C9H17NO2. The molecule has 3 heteroatoms. The highest BCUT2D eigenvalue weighted by Gasteiger charge is 2.10. The van der Waals surface area contributed by atoms with Crippen LogP contribution in [0.2, 0.25) is 0 Å². The van der Waals surface area contributed by atoms with E-state index in [0.717, 1.165) is 6.42 Å². The molecule has 3 nitrogen and oxygen atoms in total. The van der Waals surface area contributed by atoms with Crippen molar-refractivity contribution in [1.82, 2.24) is 5.32 Å². The Labute approximate surface area is 73.5 Å². The second kappa shape index (κ2) is 4.14. The molecule has 0 heterocycles. The van der Waals surface area contributed by atoms with E-state index in [4.69, 9.17) is 5.11 Å². The summed E-state index contributed by atoms with van der Waals surface area (Å²) in [4.78, 5) is 10.5. The Morgan fingerprint density at radius 1 is 1.50 bits per heavy atom. The van der Waals surface area contributed by atoms with Crippen LogP contribution >= 0.6 is 0 Å². The van der Waals surface area contributed by atoms with Crippen LogP contribution in [-0.4, -0.2) is 18.1 Å². The van der Waals surface area contributed by atoms with Gasteiger partial charge in [0.15, 0.2) is 0 Å². The van der Waals surface area contributed by atoms with Crippen molar-refractivity contribution in [2.75, 3.05) is 7.05 Å². The smallest absolute Gasteiger partial charge is 0.351 e. The summed E-state index contributed by atoms with van der Waals surface area (Å²) in [5.74, 6) is -0.901. The summed E-state index contributed by atoms with van der Waals surface area (Å²) in [5.41, 5.74) is 0.405. The van der Waals surface area contributed by atoms with Gasteiger partial charge in [-0.2, -0.15) is 0 Å². The van der Waals surface area contributed by atoms with Gasteiger partial charge in [-0.15, -0.1) is 0 Å². The van der Waals surface area contributed by atoms with Crippen LogP contribution in [-0.2, 0) is 4.79 Å². The molecule has 0 saturated carbocycles. The molecule has 0 atom stereocenters. The van der Waals surface area contributed by atoms with E-state index < -0.39 is 5.97 Å². The molecule has 12 heavy (non-hydrogen) atoms. The van der Waals surface area contributed by atoms with E-state index in [1.807, 2.05) is 0 Å². The molecule has 2 N–H and O–H groups in total. The van der Waals surface area contributed by atoms with Crippen molar-refractivity contribution in [3.63, 3.8) is 0 Å². The maximum Gasteiger partial charge on any atom is 0.351 e. The molecule has 0 aromatic heterocycles. The van der Waals surface area contributed by atoms with Crippen molar-refractivity contribution in [3.8, 4) is 0 Å². The lowest BCUT2D eigenvalue weighted by atomic mass is 9.92. The van der Waals surface area contributed by atoms with Crippen molar-refractivity contribution in [2.24, 2.45) is 5.41 Å². The predicted molar refractivity (Wildman–Crippen MR) is 48.9 cm³/mol. The minimum absolute atomic E-state index is 0.136. The van der Waals surface area contributed by atoms with Gasteiger partial charge in [-0.25, -0.2) is 4.79 Å². The minimum Gasteiger partial charge on any atom is -0.477 e. The van der Waals surface area contributed by atoms with Crippen molar-refractivity contribution in [2.45, 2.75) is 27.2 Å². The molecule has 0 fully saturated rings. The number of carboxylic acid groups (broad SMARTS) is 1. The Bertz CT molecular complexity index is 189. The van der Waals surface area contributed by atoms with Gasteiger partial charge >= 0.3 is 5.97 Å². The molecule has 0 saturated heterocycles. The van der Waals surface area contributed by atoms with Crippen molar-refractivity contribution < 1.29 is 9.90 Å². The fourth-order valence-electron chi connectivity index (χ4n) is 0.705. The average Bonchev–Trinajstić information content (AvgIpc) is 1.85. The topological polar surface area (TPSA) is 49.3 Å². The van der Waals surface area contributed by atoms with Crippen LogP contribution in [0.1, 0.15) is 27.2 Å². The second-order valence-corrected chi connectivity index (χ2v) is 3.94. The van der Waals surface area contributed by atoms with Crippen LogP contribution < -0.4 is 5.32 Å². The van der Waals surface area contributed by atoms with Gasteiger partial charge in [-0.3, -0.25) is 0 Å². The lowest BCUT2D eigenvalue weighted by Gasteiger charge is -2.15. The number of nitrogens with one attached hydrogen (secondary N) is 1. The van der Waals surface area contributed by atoms with E-state index >= 15 is 0 Å². The molecule has 0 rings (SSSR count). The highest BCUT2D eigenvalue weighted by molar-refractivity contribution is 5.85. The number of rotatable bonds is 3. The van der Waals surface area contributed by atoms with E-state index in [9.17, 15) is 4.79 Å². The van der Waals surface area contributed by atoms with Crippen LogP contribution in [0.4, 0.5) is 0 Å². The SMILES string of the molecule is CN/C(=C/CC(C)(C)C)C(=O)O. The molecule has 0 aliphatic rings. The maximum absolute atomic E-state index is 10.5. The summed E-state index contributed by atoms with van der Waals surface area (Å²) in [7, 11) is 1.61. The molecule has 0 aromatic carbocycles. The average molecular weight is 171 g/mol. The normalized spacial score (nSPS) is 12.8. The second-order valence-electron chi connectivity index (χ2n) is 3.94. The molecule has 0 radical (unpaired) electrons. The molecule has 0 bridgehead atoms. The summed E-state index contributed by atoms with van der Waals surface area (Å²) in [5, 5.41) is 11.3. The maximum atomic E-state index is 10.5. The number of carbonyl (C=O) groups is 1. The number of carboxylic acids is 1. The zero-order valence-corrected chi connectivity index (χ0v) is 8.14. The highest BCUT2D eigenvalue weighted by atomic mass is 16.4. The summed E-state index contributed by atoms with van der Waals surface area (Å²) in [6.07, 6.45) is 2.47. The fraction of sp³-hybridized carbons (Fsp3) is 0.667. The summed E-state index contributed by atoms with van der Waals surface area (Å²) < 4.78 is 0. The van der Waals surface area contributed by atoms with E-state index in [2.05, 4.69) is 26.1 Å². The first kappa shape index (κ1) is 11.0. The standard InChI is InChI=1S/C9H17NO2/c1-9(2,3)6-5-7(10-4)8(11)12/h5,10H,6H2,1-4H3,(H,11,12)/b7-5+. The van der Waals surface area contributed by atoms with Crippen LogP contribution in [0.5, 0.6) is 0 Å². The number of hydrogen-bond acceptors (Lipinski definition) is 2. The fourth-order valence-corrected chi connectivity index (χ4v) is 0.705. The summed E-state index contributed by atoms with van der Waals surface area (Å²) >= 11 is 0. The highest BCUT2D eigenvalue weighted by Crippen LogP contribution is 2.19. The predicted octanol–water partition coefficient (Wildman–Crippen LogP) is 1.61. The minimum atomic E-state index is -0.901. The number of aliphatic carboxylic acids is 1. The Balaban J connectivity index is 4.23. The molecular weight excluding hydrogens is 154 g/mol. The molecule has 0 aliphatic carbocycles. The monoisotopic (exact) mass is 171 g/mol. The van der Waals surface area contributed by atoms with E-state index in [0.29, 0.717) is 0 Å². The van der Waals surface area contributed by atoms with Crippen molar-refractivity contribution >= 4 is 5.97 Å². The molecule has 0 aromatic rings. The summed E-state index contributed by atoms with van der Waals surface area (Å²) in [6.45, 7) is 6.20. The van der Waals surface area contributed by atoms with Gasteiger partial charge in [0.2, 0.25) is 0 Å². The van der Waals surface area contributed by atoms with Crippen molar-refractivity contribution in [3.05, 3.63) is 11.8 Å². The van der Waals surface area contributed by atoms with E-state index in [-0.39, 0.29) is 11.1 Å². The summed E-state index contributed by atoms with van der Waals surface area (Å²) in [6, 6.07) is 0. The third kappa shape index (κ3) is 4.77. The Hall–Kier alpha value is -0.990. The first-order valence-electron chi connectivity index (χ1n) is 3.98. The van der Waals surface area contributed by atoms with E-state index in [1.165, 1.54) is 0 Å². The molecule has 70 valence electrons. The van der Waals surface area contributed by atoms with Crippen LogP contribution in [0.25, 0.3) is 0 Å². The quantitative estimate of drug-likeness (QED) is 0.634. The van der Waals surface area contributed by atoms with Gasteiger partial charge in [0.1, 0.15) is 5.70 Å². The largest absolute Gasteiger partial charge is 0.477 e. The van der Waals surface area contributed by atoms with Gasteiger partial charge in [-0.1, -0.05) is 26.8 Å². The lowest BCUT2D eigenvalue weighted by molar-refractivity contribution is -0.133. The molecule has 0 aliphatic heterocycles. The first-order chi connectivity index (χ1) is 5.37. The van der Waals surface area contributed by atoms with Crippen LogP contribution in [0.3, 0.4) is 0 Å². The third-order valence-electron chi connectivity index (χ3n) is 1.42. The Morgan fingerprint density at radius 3 is 2.25 bits per heavy atom. The molecule has 0 spiro atoms. The van der Waals surface area contributed by atoms with Gasteiger partial charge in [0.25, 0.3) is 0 Å².